The van der Waals surface area contributed by atoms with Crippen molar-refractivity contribution in [3.8, 4) is 0 Å². The third kappa shape index (κ3) is 14.0. The second kappa shape index (κ2) is 14.9. The maximum absolute atomic E-state index is 10.5. The zero-order chi connectivity index (χ0) is 18.1. The molecule has 0 aliphatic rings. The van der Waals surface area contributed by atoms with E-state index in [4.69, 9.17) is 15.3 Å². The quantitative estimate of drug-likeness (QED) is 0.189. The van der Waals surface area contributed by atoms with Gasteiger partial charge in [-0.3, -0.25) is 0 Å². The lowest BCUT2D eigenvalue weighted by molar-refractivity contribution is -0.205. The number of hydrogen-bond acceptors (Lipinski definition) is 3. The Balaban J connectivity index is 3.62. The van der Waals surface area contributed by atoms with Crippen molar-refractivity contribution in [2.75, 3.05) is 0 Å². The molecule has 136 valence electrons. The summed E-state index contributed by atoms with van der Waals surface area (Å²) in [4.78, 5) is 10.5. The van der Waals surface area contributed by atoms with Gasteiger partial charge in [0.2, 0.25) is 0 Å². The van der Waals surface area contributed by atoms with E-state index in [1.54, 1.807) is 6.08 Å². The van der Waals surface area contributed by atoms with Gasteiger partial charge in [0, 0.05) is 6.42 Å². The van der Waals surface area contributed by atoms with Gasteiger partial charge >= 0.3 is 5.97 Å². The van der Waals surface area contributed by atoms with Crippen LogP contribution in [0.5, 0.6) is 0 Å². The zero-order valence-corrected chi connectivity index (χ0v) is 14.7. The summed E-state index contributed by atoms with van der Waals surface area (Å²) < 4.78 is 0. The number of allylic oxidation sites excluding steroid dienone is 8. The molecule has 0 fully saturated rings. The molecular weight excluding hydrogens is 304 g/mol. The van der Waals surface area contributed by atoms with Crippen LogP contribution in [0.4, 0.5) is 0 Å². The van der Waals surface area contributed by atoms with Crippen molar-refractivity contribution in [3.63, 3.8) is 0 Å². The number of hydrogen-bond donors (Lipinski definition) is 3. The van der Waals surface area contributed by atoms with Gasteiger partial charge in [-0.05, 0) is 32.1 Å². The highest BCUT2D eigenvalue weighted by Crippen LogP contribution is 2.09. The number of rotatable bonds is 14. The Kier molecular flexibility index (Phi) is 13.9. The summed E-state index contributed by atoms with van der Waals surface area (Å²) in [5.74, 6) is -4.24. The lowest BCUT2D eigenvalue weighted by Gasteiger charge is -2.14. The molecule has 4 nitrogen and oxygen atoms in total. The van der Waals surface area contributed by atoms with Crippen molar-refractivity contribution in [2.45, 2.75) is 70.5 Å². The van der Waals surface area contributed by atoms with E-state index in [0.29, 0.717) is 6.42 Å². The lowest BCUT2D eigenvalue weighted by Crippen LogP contribution is -2.37. The predicted molar refractivity (Wildman–Crippen MR) is 98.6 cm³/mol. The summed E-state index contributed by atoms with van der Waals surface area (Å²) in [6.45, 7) is 2.22. The second-order valence-corrected chi connectivity index (χ2v) is 5.78. The Morgan fingerprint density at radius 2 is 1.46 bits per heavy atom. The minimum Gasteiger partial charge on any atom is -0.477 e. The molecule has 0 amide bonds. The molecule has 0 saturated carbocycles. The highest BCUT2D eigenvalue weighted by atomic mass is 16.5. The van der Waals surface area contributed by atoms with Gasteiger partial charge in [-0.2, -0.15) is 0 Å². The Labute approximate surface area is 145 Å². The molecule has 0 rings (SSSR count). The molecule has 0 aromatic carbocycles. The average molecular weight is 336 g/mol. The molecule has 0 radical (unpaired) electrons. The van der Waals surface area contributed by atoms with Crippen molar-refractivity contribution in [1.29, 1.82) is 0 Å². The van der Waals surface area contributed by atoms with Crippen LogP contribution >= 0.6 is 0 Å². The van der Waals surface area contributed by atoms with Gasteiger partial charge < -0.3 is 15.3 Å². The molecule has 0 atom stereocenters. The Morgan fingerprint density at radius 1 is 0.833 bits per heavy atom. The molecule has 24 heavy (non-hydrogen) atoms. The van der Waals surface area contributed by atoms with Gasteiger partial charge in [0.1, 0.15) is 0 Å². The molecule has 0 aromatic rings. The number of carboxylic acid groups (broad SMARTS) is 1. The van der Waals surface area contributed by atoms with Gasteiger partial charge in [-0.1, -0.05) is 74.8 Å². The summed E-state index contributed by atoms with van der Waals surface area (Å²) in [6.07, 6.45) is 24.3. The number of carboxylic acids is 1. The maximum Gasteiger partial charge on any atom is 0.364 e. The number of aliphatic hydroxyl groups is 2. The van der Waals surface area contributed by atoms with E-state index >= 15 is 0 Å². The van der Waals surface area contributed by atoms with Crippen molar-refractivity contribution in [1.82, 2.24) is 0 Å². The Hall–Kier alpha value is -1.65. The fourth-order valence-electron chi connectivity index (χ4n) is 1.98. The van der Waals surface area contributed by atoms with Crippen LogP contribution in [0.15, 0.2) is 48.6 Å². The Morgan fingerprint density at radius 3 is 2.12 bits per heavy atom. The van der Waals surface area contributed by atoms with Crippen LogP contribution in [-0.2, 0) is 4.79 Å². The zero-order valence-electron chi connectivity index (χ0n) is 14.7. The standard InChI is InChI=1S/C20H32O4/c1-2-3-4-5-6-7-8-9-10-11-12-13-14-15-16-17-18-20(23,24)19(21)22/h7-10,12-13,15-16,23-24H,2-6,11,14,17-18H2,1H3,(H,21,22)/b8-7+,10-9+,13-12+,16-15+. The first kappa shape index (κ1) is 22.4. The highest BCUT2D eigenvalue weighted by Gasteiger charge is 2.31. The molecule has 4 heteroatoms. The monoisotopic (exact) mass is 336 g/mol. The van der Waals surface area contributed by atoms with Crippen LogP contribution < -0.4 is 0 Å². The number of carbonyl (C=O) groups is 1. The van der Waals surface area contributed by atoms with E-state index in [2.05, 4.69) is 37.3 Å². The fraction of sp³-hybridized carbons (Fsp3) is 0.550. The molecule has 3 N–H and O–H groups in total. The molecular formula is C20H32O4. The van der Waals surface area contributed by atoms with Crippen LogP contribution in [0.25, 0.3) is 0 Å². The van der Waals surface area contributed by atoms with Crippen LogP contribution in [-0.4, -0.2) is 27.1 Å². The molecule has 0 spiro atoms. The minimum atomic E-state index is -2.63. The molecule has 0 saturated heterocycles. The van der Waals surface area contributed by atoms with Crippen LogP contribution in [0.1, 0.15) is 64.7 Å². The summed E-state index contributed by atoms with van der Waals surface area (Å²) in [6, 6.07) is 0. The Bertz CT molecular complexity index is 431. The van der Waals surface area contributed by atoms with Gasteiger partial charge in [-0.25, -0.2) is 4.79 Å². The number of aliphatic carboxylic acids is 1. The summed E-state index contributed by atoms with van der Waals surface area (Å²) in [5.41, 5.74) is 0. The largest absolute Gasteiger partial charge is 0.477 e. The van der Waals surface area contributed by atoms with Gasteiger partial charge in [0.15, 0.2) is 0 Å². The van der Waals surface area contributed by atoms with E-state index in [9.17, 15) is 4.79 Å². The molecule has 0 heterocycles. The number of unbranched alkanes of at least 4 members (excludes halogenated alkanes) is 4. The van der Waals surface area contributed by atoms with Crippen molar-refractivity contribution in [3.05, 3.63) is 48.6 Å². The van der Waals surface area contributed by atoms with Gasteiger partial charge in [0.05, 0.1) is 0 Å². The van der Waals surface area contributed by atoms with E-state index in [1.807, 2.05) is 12.2 Å². The smallest absolute Gasteiger partial charge is 0.364 e. The molecule has 0 aliphatic heterocycles. The van der Waals surface area contributed by atoms with Gasteiger partial charge in [0.25, 0.3) is 5.79 Å². The van der Waals surface area contributed by atoms with Crippen molar-refractivity contribution in [2.24, 2.45) is 0 Å². The van der Waals surface area contributed by atoms with E-state index in [0.717, 1.165) is 19.3 Å². The fourth-order valence-corrected chi connectivity index (χ4v) is 1.98. The van der Waals surface area contributed by atoms with E-state index in [-0.39, 0.29) is 6.42 Å². The minimum absolute atomic E-state index is 0.212. The summed E-state index contributed by atoms with van der Waals surface area (Å²) in [5, 5.41) is 26.7. The lowest BCUT2D eigenvalue weighted by atomic mass is 10.1. The van der Waals surface area contributed by atoms with Crippen LogP contribution in [0.3, 0.4) is 0 Å². The maximum atomic E-state index is 10.5. The van der Waals surface area contributed by atoms with Crippen LogP contribution in [0, 0.1) is 0 Å². The molecule has 0 unspecified atom stereocenters. The second-order valence-electron chi connectivity index (χ2n) is 5.78. The first-order chi connectivity index (χ1) is 11.5. The third-order valence-corrected chi connectivity index (χ3v) is 3.49. The first-order valence-electron chi connectivity index (χ1n) is 8.80. The van der Waals surface area contributed by atoms with Crippen molar-refractivity contribution >= 4 is 5.97 Å². The van der Waals surface area contributed by atoms with Crippen molar-refractivity contribution < 1.29 is 20.1 Å². The summed E-state index contributed by atoms with van der Waals surface area (Å²) in [7, 11) is 0. The normalized spacial score (nSPS) is 13.1. The average Bonchev–Trinajstić information content (AvgIpc) is 2.54. The van der Waals surface area contributed by atoms with E-state index in [1.165, 1.54) is 25.7 Å². The van der Waals surface area contributed by atoms with Gasteiger partial charge in [-0.15, -0.1) is 0 Å². The van der Waals surface area contributed by atoms with Crippen LogP contribution in [0.2, 0.25) is 0 Å². The van der Waals surface area contributed by atoms with E-state index < -0.39 is 11.8 Å². The first-order valence-corrected chi connectivity index (χ1v) is 8.80. The SMILES string of the molecule is CCCCCC/C=C/C=C/C/C=C/C/C=C/CCC(O)(O)C(=O)O. The summed E-state index contributed by atoms with van der Waals surface area (Å²) >= 11 is 0. The molecule has 0 bridgehead atoms. The third-order valence-electron chi connectivity index (χ3n) is 3.49. The highest BCUT2D eigenvalue weighted by molar-refractivity contribution is 5.74. The predicted octanol–water partition coefficient (Wildman–Crippen LogP) is 4.51. The topological polar surface area (TPSA) is 77.8 Å². The molecule has 0 aromatic heterocycles. The molecule has 0 aliphatic carbocycles.